The van der Waals surface area contributed by atoms with E-state index in [9.17, 15) is 4.79 Å². The van der Waals surface area contributed by atoms with E-state index in [2.05, 4.69) is 4.98 Å². The van der Waals surface area contributed by atoms with Gasteiger partial charge < -0.3 is 5.11 Å². The first-order valence-corrected chi connectivity index (χ1v) is 4.25. The third-order valence-corrected chi connectivity index (χ3v) is 2.35. The Morgan fingerprint density at radius 2 is 2.23 bits per heavy atom. The Kier molecular flexibility index (Phi) is 3.01. The van der Waals surface area contributed by atoms with Gasteiger partial charge >= 0.3 is 5.97 Å². The molecule has 0 aliphatic heterocycles. The van der Waals surface area contributed by atoms with Crippen molar-refractivity contribution >= 4 is 5.97 Å². The summed E-state index contributed by atoms with van der Waals surface area (Å²) in [5.74, 6) is -1.13. The van der Waals surface area contributed by atoms with Crippen LogP contribution in [0.15, 0.2) is 24.5 Å². The quantitative estimate of drug-likeness (QED) is 0.771. The Hall–Kier alpha value is -1.38. The first-order valence-electron chi connectivity index (χ1n) is 4.25. The van der Waals surface area contributed by atoms with E-state index in [0.717, 1.165) is 5.56 Å². The van der Waals surface area contributed by atoms with Crippen LogP contribution in [0.5, 0.6) is 0 Å². The Labute approximate surface area is 77.4 Å². The van der Waals surface area contributed by atoms with Crippen LogP contribution in [-0.4, -0.2) is 16.1 Å². The second kappa shape index (κ2) is 4.03. The predicted octanol–water partition coefficient (Wildman–Crippen LogP) is 1.91. The van der Waals surface area contributed by atoms with Crippen molar-refractivity contribution in [1.82, 2.24) is 4.98 Å². The highest BCUT2D eigenvalue weighted by Gasteiger charge is 2.20. The van der Waals surface area contributed by atoms with E-state index >= 15 is 0 Å². The Morgan fingerprint density at radius 1 is 1.54 bits per heavy atom. The van der Waals surface area contributed by atoms with Gasteiger partial charge in [-0.15, -0.1) is 0 Å². The zero-order valence-corrected chi connectivity index (χ0v) is 7.77. The zero-order valence-electron chi connectivity index (χ0n) is 7.77. The molecule has 3 nitrogen and oxygen atoms in total. The number of nitrogens with zero attached hydrogens (tertiary/aromatic N) is 1. The monoisotopic (exact) mass is 179 g/mol. The fourth-order valence-corrected chi connectivity index (χ4v) is 1.15. The minimum Gasteiger partial charge on any atom is -0.481 e. The molecule has 13 heavy (non-hydrogen) atoms. The van der Waals surface area contributed by atoms with Gasteiger partial charge in [-0.25, -0.2) is 0 Å². The number of aliphatic carboxylic acids is 1. The van der Waals surface area contributed by atoms with Gasteiger partial charge in [-0.05, 0) is 17.5 Å². The molecule has 1 heterocycles. The van der Waals surface area contributed by atoms with Gasteiger partial charge in [-0.2, -0.15) is 0 Å². The van der Waals surface area contributed by atoms with Crippen molar-refractivity contribution in [2.24, 2.45) is 5.92 Å². The van der Waals surface area contributed by atoms with Crippen LogP contribution in [0.25, 0.3) is 0 Å². The molecule has 1 rings (SSSR count). The van der Waals surface area contributed by atoms with Gasteiger partial charge in [0.25, 0.3) is 0 Å². The van der Waals surface area contributed by atoms with Crippen LogP contribution in [0.2, 0.25) is 0 Å². The summed E-state index contributed by atoms with van der Waals surface area (Å²) in [6.07, 6.45) is 3.39. The van der Waals surface area contributed by atoms with E-state index in [1.54, 1.807) is 19.3 Å². The Bertz CT molecular complexity index is 284. The van der Waals surface area contributed by atoms with Crippen molar-refractivity contribution < 1.29 is 9.90 Å². The maximum Gasteiger partial charge on any atom is 0.306 e. The second-order valence-electron chi connectivity index (χ2n) is 3.20. The molecular formula is C10H13NO2. The lowest BCUT2D eigenvalue weighted by Gasteiger charge is -2.15. The van der Waals surface area contributed by atoms with Crippen LogP contribution in [-0.2, 0) is 4.79 Å². The maximum atomic E-state index is 10.7. The van der Waals surface area contributed by atoms with Crippen molar-refractivity contribution in [2.75, 3.05) is 0 Å². The summed E-state index contributed by atoms with van der Waals surface area (Å²) in [4.78, 5) is 14.6. The van der Waals surface area contributed by atoms with Gasteiger partial charge in [0.2, 0.25) is 0 Å². The van der Waals surface area contributed by atoms with E-state index in [0.29, 0.717) is 0 Å². The van der Waals surface area contributed by atoms with Gasteiger partial charge in [0, 0.05) is 12.4 Å². The molecule has 70 valence electrons. The van der Waals surface area contributed by atoms with Crippen molar-refractivity contribution in [3.05, 3.63) is 30.1 Å². The smallest absolute Gasteiger partial charge is 0.306 e. The molecule has 0 aliphatic rings. The topological polar surface area (TPSA) is 50.2 Å². The van der Waals surface area contributed by atoms with E-state index in [1.165, 1.54) is 0 Å². The summed E-state index contributed by atoms with van der Waals surface area (Å²) < 4.78 is 0. The summed E-state index contributed by atoms with van der Waals surface area (Å²) >= 11 is 0. The number of hydrogen-bond acceptors (Lipinski definition) is 2. The number of carboxylic acids is 1. The first-order chi connectivity index (χ1) is 6.13. The summed E-state index contributed by atoms with van der Waals surface area (Å²) in [7, 11) is 0. The molecule has 3 heteroatoms. The van der Waals surface area contributed by atoms with Crippen molar-refractivity contribution in [3.63, 3.8) is 0 Å². The van der Waals surface area contributed by atoms with Crippen LogP contribution >= 0.6 is 0 Å². The molecular weight excluding hydrogens is 166 g/mol. The number of aromatic nitrogens is 1. The molecule has 0 amide bonds. The lowest BCUT2D eigenvalue weighted by atomic mass is 9.90. The highest BCUT2D eigenvalue weighted by Crippen LogP contribution is 2.22. The molecule has 0 saturated heterocycles. The molecule has 1 aromatic rings. The number of hydrogen-bond donors (Lipinski definition) is 1. The standard InChI is InChI=1S/C10H13NO2/c1-7(8(2)10(12)13)9-4-3-5-11-6-9/h3-8H,1-2H3,(H,12,13). The number of carboxylic acid groups (broad SMARTS) is 1. The lowest BCUT2D eigenvalue weighted by Crippen LogP contribution is -2.16. The van der Waals surface area contributed by atoms with Crippen LogP contribution in [0.1, 0.15) is 25.3 Å². The largest absolute Gasteiger partial charge is 0.481 e. The second-order valence-corrected chi connectivity index (χ2v) is 3.20. The van der Waals surface area contributed by atoms with Crippen LogP contribution in [0, 0.1) is 5.92 Å². The van der Waals surface area contributed by atoms with Crippen molar-refractivity contribution in [1.29, 1.82) is 0 Å². The minimum atomic E-state index is -0.767. The van der Waals surface area contributed by atoms with E-state index in [1.807, 2.05) is 19.1 Å². The Balaban J connectivity index is 2.79. The normalized spacial score (nSPS) is 14.9. The van der Waals surface area contributed by atoms with Gasteiger partial charge in [-0.1, -0.05) is 19.9 Å². The molecule has 0 aromatic carbocycles. The zero-order chi connectivity index (χ0) is 9.84. The number of rotatable bonds is 3. The molecule has 0 fully saturated rings. The van der Waals surface area contributed by atoms with Gasteiger partial charge in [-0.3, -0.25) is 9.78 Å². The number of carbonyl (C=O) groups is 1. The minimum absolute atomic E-state index is 0.00574. The summed E-state index contributed by atoms with van der Waals surface area (Å²) in [5, 5.41) is 8.79. The predicted molar refractivity (Wildman–Crippen MR) is 49.5 cm³/mol. The first kappa shape index (κ1) is 9.71. The van der Waals surface area contributed by atoms with Crippen LogP contribution < -0.4 is 0 Å². The third kappa shape index (κ3) is 2.28. The lowest BCUT2D eigenvalue weighted by molar-refractivity contribution is -0.141. The van der Waals surface area contributed by atoms with E-state index in [4.69, 9.17) is 5.11 Å². The molecule has 1 aromatic heterocycles. The van der Waals surface area contributed by atoms with Gasteiger partial charge in [0.1, 0.15) is 0 Å². The molecule has 2 unspecified atom stereocenters. The van der Waals surface area contributed by atoms with E-state index < -0.39 is 5.97 Å². The summed E-state index contributed by atoms with van der Waals surface area (Å²) in [5.41, 5.74) is 0.970. The van der Waals surface area contributed by atoms with Crippen LogP contribution in [0.4, 0.5) is 0 Å². The van der Waals surface area contributed by atoms with Crippen molar-refractivity contribution in [2.45, 2.75) is 19.8 Å². The highest BCUT2D eigenvalue weighted by atomic mass is 16.4. The van der Waals surface area contributed by atoms with Crippen LogP contribution in [0.3, 0.4) is 0 Å². The average Bonchev–Trinajstić information content (AvgIpc) is 2.17. The third-order valence-electron chi connectivity index (χ3n) is 2.35. The van der Waals surface area contributed by atoms with Gasteiger partial charge in [0.15, 0.2) is 0 Å². The summed E-state index contributed by atoms with van der Waals surface area (Å²) in [6.45, 7) is 3.61. The van der Waals surface area contributed by atoms with Crippen molar-refractivity contribution in [3.8, 4) is 0 Å². The maximum absolute atomic E-state index is 10.7. The summed E-state index contributed by atoms with van der Waals surface area (Å²) in [6, 6.07) is 3.72. The fraction of sp³-hybridized carbons (Fsp3) is 0.400. The molecule has 0 bridgehead atoms. The molecule has 0 spiro atoms. The fourth-order valence-electron chi connectivity index (χ4n) is 1.15. The van der Waals surface area contributed by atoms with Gasteiger partial charge in [0.05, 0.1) is 5.92 Å². The SMILES string of the molecule is CC(C(=O)O)C(C)c1cccnc1. The Morgan fingerprint density at radius 3 is 2.69 bits per heavy atom. The number of pyridine rings is 1. The van der Waals surface area contributed by atoms with E-state index in [-0.39, 0.29) is 11.8 Å². The molecule has 0 radical (unpaired) electrons. The molecule has 1 N–H and O–H groups in total. The average molecular weight is 179 g/mol. The highest BCUT2D eigenvalue weighted by molar-refractivity contribution is 5.70. The molecule has 0 saturated carbocycles. The molecule has 0 aliphatic carbocycles. The molecule has 2 atom stereocenters.